The first-order chi connectivity index (χ1) is 9.76. The van der Waals surface area contributed by atoms with E-state index >= 15 is 0 Å². The molecular weight excluding hydrogens is 270 g/mol. The molecule has 1 N–H and O–H groups in total. The van der Waals surface area contributed by atoms with Crippen LogP contribution in [-0.2, 0) is 6.54 Å². The smallest absolute Gasteiger partial charge is 0.129 e. The van der Waals surface area contributed by atoms with Crippen LogP contribution in [0.1, 0.15) is 35.3 Å². The van der Waals surface area contributed by atoms with Gasteiger partial charge in [0.25, 0.3) is 0 Å². The molecule has 1 aliphatic rings. The second-order valence-corrected chi connectivity index (χ2v) is 6.04. The highest BCUT2D eigenvalue weighted by Gasteiger charge is 2.28. The van der Waals surface area contributed by atoms with E-state index in [1.54, 1.807) is 11.3 Å². The summed E-state index contributed by atoms with van der Waals surface area (Å²) in [6.07, 6.45) is 4.35. The van der Waals surface area contributed by atoms with Crippen molar-refractivity contribution in [1.29, 1.82) is 0 Å². The van der Waals surface area contributed by atoms with Crippen molar-refractivity contribution in [3.05, 3.63) is 34.2 Å². The Kier molecular flexibility index (Phi) is 3.93. The summed E-state index contributed by atoms with van der Waals surface area (Å²) in [6, 6.07) is 2.47. The molecule has 0 radical (unpaired) electrons. The summed E-state index contributed by atoms with van der Waals surface area (Å²) in [6.45, 7) is 4.04. The summed E-state index contributed by atoms with van der Waals surface area (Å²) >= 11 is 1.72. The van der Waals surface area contributed by atoms with Crippen molar-refractivity contribution in [3.63, 3.8) is 0 Å². The quantitative estimate of drug-likeness (QED) is 0.937. The highest BCUT2D eigenvalue weighted by molar-refractivity contribution is 7.09. The number of nitrogens with one attached hydrogen (secondary N) is 1. The molecule has 0 amide bonds. The predicted octanol–water partition coefficient (Wildman–Crippen LogP) is 2.62. The van der Waals surface area contributed by atoms with Gasteiger partial charge < -0.3 is 5.32 Å². The maximum absolute atomic E-state index is 4.64. The van der Waals surface area contributed by atoms with Gasteiger partial charge in [0.15, 0.2) is 0 Å². The molecule has 5 nitrogen and oxygen atoms in total. The number of likely N-dealkylation sites (tertiary alicyclic amines) is 1. The molecule has 3 heterocycles. The lowest BCUT2D eigenvalue weighted by molar-refractivity contribution is 0.246. The van der Waals surface area contributed by atoms with Crippen LogP contribution >= 0.6 is 11.3 Å². The van der Waals surface area contributed by atoms with E-state index in [2.05, 4.69) is 31.2 Å². The molecule has 106 valence electrons. The Morgan fingerprint density at radius 3 is 3.10 bits per heavy atom. The van der Waals surface area contributed by atoms with E-state index in [4.69, 9.17) is 0 Å². The van der Waals surface area contributed by atoms with E-state index in [9.17, 15) is 0 Å². The molecule has 6 heteroatoms. The first kappa shape index (κ1) is 13.5. The van der Waals surface area contributed by atoms with Crippen molar-refractivity contribution in [2.24, 2.45) is 0 Å². The monoisotopic (exact) mass is 289 g/mol. The molecule has 1 aliphatic heterocycles. The summed E-state index contributed by atoms with van der Waals surface area (Å²) in [7, 11) is 1.90. The molecule has 0 spiro atoms. The van der Waals surface area contributed by atoms with Gasteiger partial charge in [0.1, 0.15) is 11.6 Å². The van der Waals surface area contributed by atoms with Crippen LogP contribution in [-0.4, -0.2) is 33.4 Å². The molecule has 1 saturated heterocycles. The summed E-state index contributed by atoms with van der Waals surface area (Å²) in [5, 5.41) is 3.11. The minimum Gasteiger partial charge on any atom is -0.373 e. The predicted molar refractivity (Wildman–Crippen MR) is 80.8 cm³/mol. The lowest BCUT2D eigenvalue weighted by Gasteiger charge is -2.23. The van der Waals surface area contributed by atoms with Gasteiger partial charge in [0.2, 0.25) is 0 Å². The number of hydrogen-bond acceptors (Lipinski definition) is 6. The molecule has 2 aromatic heterocycles. The lowest BCUT2D eigenvalue weighted by Crippen LogP contribution is -2.23. The van der Waals surface area contributed by atoms with Crippen LogP contribution in [0.3, 0.4) is 0 Å². The summed E-state index contributed by atoms with van der Waals surface area (Å²) < 4.78 is 0. The zero-order chi connectivity index (χ0) is 13.9. The van der Waals surface area contributed by atoms with E-state index in [-0.39, 0.29) is 0 Å². The molecule has 20 heavy (non-hydrogen) atoms. The fraction of sp³-hybridized carbons (Fsp3) is 0.500. The molecule has 1 fully saturated rings. The van der Waals surface area contributed by atoms with Crippen LogP contribution in [0.2, 0.25) is 0 Å². The van der Waals surface area contributed by atoms with Gasteiger partial charge >= 0.3 is 0 Å². The zero-order valence-electron chi connectivity index (χ0n) is 11.8. The molecule has 0 bridgehead atoms. The summed E-state index contributed by atoms with van der Waals surface area (Å²) in [5.41, 5.74) is 3.03. The van der Waals surface area contributed by atoms with Crippen molar-refractivity contribution in [2.45, 2.75) is 32.4 Å². The number of aryl methyl sites for hydroxylation is 1. The van der Waals surface area contributed by atoms with Gasteiger partial charge in [-0.15, -0.1) is 11.3 Å². The number of rotatable bonds is 4. The number of anilines is 1. The molecule has 0 saturated carbocycles. The molecule has 1 unspecified atom stereocenters. The van der Waals surface area contributed by atoms with Crippen LogP contribution in [0.5, 0.6) is 0 Å². The number of aromatic nitrogens is 3. The van der Waals surface area contributed by atoms with Crippen LogP contribution in [0.4, 0.5) is 5.82 Å². The first-order valence-corrected chi connectivity index (χ1v) is 7.79. The average Bonchev–Trinajstić information content (AvgIpc) is 3.10. The van der Waals surface area contributed by atoms with Gasteiger partial charge in [-0.2, -0.15) is 0 Å². The van der Waals surface area contributed by atoms with Crippen LogP contribution in [0.25, 0.3) is 0 Å². The third-order valence-corrected chi connectivity index (χ3v) is 4.43. The van der Waals surface area contributed by atoms with Gasteiger partial charge in [-0.05, 0) is 26.3 Å². The number of thiazole rings is 1. The largest absolute Gasteiger partial charge is 0.373 e. The summed E-state index contributed by atoms with van der Waals surface area (Å²) in [4.78, 5) is 17.0. The first-order valence-electron chi connectivity index (χ1n) is 6.91. The van der Waals surface area contributed by atoms with E-state index < -0.39 is 0 Å². The van der Waals surface area contributed by atoms with Crippen LogP contribution in [0.15, 0.2) is 17.8 Å². The zero-order valence-corrected chi connectivity index (χ0v) is 12.7. The topological polar surface area (TPSA) is 53.9 Å². The van der Waals surface area contributed by atoms with Crippen molar-refractivity contribution >= 4 is 17.2 Å². The Hall–Kier alpha value is -1.53. The maximum atomic E-state index is 4.64. The average molecular weight is 289 g/mol. The van der Waals surface area contributed by atoms with Gasteiger partial charge in [-0.25, -0.2) is 9.97 Å². The second-order valence-electron chi connectivity index (χ2n) is 5.07. The van der Waals surface area contributed by atoms with Crippen molar-refractivity contribution in [3.8, 4) is 0 Å². The van der Waals surface area contributed by atoms with Crippen molar-refractivity contribution < 1.29 is 0 Å². The van der Waals surface area contributed by atoms with E-state index in [1.807, 2.05) is 25.7 Å². The lowest BCUT2D eigenvalue weighted by atomic mass is 10.1. The van der Waals surface area contributed by atoms with E-state index in [0.29, 0.717) is 6.04 Å². The van der Waals surface area contributed by atoms with E-state index in [1.165, 1.54) is 17.7 Å². The van der Waals surface area contributed by atoms with Gasteiger partial charge in [-0.3, -0.25) is 9.88 Å². The van der Waals surface area contributed by atoms with Crippen molar-refractivity contribution in [1.82, 2.24) is 19.9 Å². The van der Waals surface area contributed by atoms with Gasteiger partial charge in [0.05, 0.1) is 17.2 Å². The Bertz CT molecular complexity index is 569. The molecule has 2 aromatic rings. The van der Waals surface area contributed by atoms with Crippen LogP contribution in [0, 0.1) is 6.92 Å². The minimum absolute atomic E-state index is 0.394. The third-order valence-electron chi connectivity index (χ3n) is 3.66. The number of hydrogen-bond donors (Lipinski definition) is 1. The fourth-order valence-corrected chi connectivity index (χ4v) is 3.38. The Labute approximate surface area is 123 Å². The normalized spacial score (nSPS) is 19.4. The van der Waals surface area contributed by atoms with Crippen molar-refractivity contribution in [2.75, 3.05) is 18.9 Å². The standard InChI is InChI=1S/C14H19N5S/c1-10-17-12(6-14(15-2)18-10)13-4-3-5-19(13)8-11-7-16-9-20-11/h6-7,9,13H,3-5,8H2,1-2H3,(H,15,17,18). The molecule has 0 aliphatic carbocycles. The van der Waals surface area contributed by atoms with E-state index in [0.717, 1.165) is 30.4 Å². The highest BCUT2D eigenvalue weighted by atomic mass is 32.1. The minimum atomic E-state index is 0.394. The highest BCUT2D eigenvalue weighted by Crippen LogP contribution is 2.33. The Morgan fingerprint density at radius 1 is 1.45 bits per heavy atom. The van der Waals surface area contributed by atoms with Gasteiger partial charge in [-0.1, -0.05) is 0 Å². The fourth-order valence-electron chi connectivity index (χ4n) is 2.76. The summed E-state index contributed by atoms with van der Waals surface area (Å²) in [5.74, 6) is 1.73. The molecular formula is C14H19N5S. The Morgan fingerprint density at radius 2 is 2.35 bits per heavy atom. The SMILES string of the molecule is CNc1cc(C2CCCN2Cc2cncs2)nc(C)n1. The van der Waals surface area contributed by atoms with Gasteiger partial charge in [0, 0.05) is 30.7 Å². The third kappa shape index (κ3) is 2.81. The molecule has 0 aromatic carbocycles. The Balaban J connectivity index is 1.82. The number of nitrogens with zero attached hydrogens (tertiary/aromatic N) is 4. The second kappa shape index (κ2) is 5.85. The molecule has 3 rings (SSSR count). The van der Waals surface area contributed by atoms with Crippen LogP contribution < -0.4 is 5.32 Å². The maximum Gasteiger partial charge on any atom is 0.129 e. The molecule has 1 atom stereocenters.